The summed E-state index contributed by atoms with van der Waals surface area (Å²) in [6.45, 7) is 3.66. The number of hydrogen-bond acceptors (Lipinski definition) is 2. The smallest absolute Gasteiger partial charge is 0.195 e. The van der Waals surface area contributed by atoms with Gasteiger partial charge in [-0.25, -0.2) is 0 Å². The number of nitrogens with zero attached hydrogens (tertiary/aromatic N) is 2. The van der Waals surface area contributed by atoms with Gasteiger partial charge < -0.3 is 0 Å². The zero-order valence-electron chi connectivity index (χ0n) is 9.15. The Morgan fingerprint density at radius 3 is 2.40 bits per heavy atom. The molecule has 1 aliphatic heterocycles. The molecule has 0 aromatic carbocycles. The molecule has 0 radical (unpaired) electrons. The summed E-state index contributed by atoms with van der Waals surface area (Å²) in [5.41, 5.74) is 0. The number of rotatable bonds is 4. The minimum Gasteiger partial charge on any atom is -0.195 e. The maximum atomic E-state index is 12.1. The van der Waals surface area contributed by atoms with Crippen LogP contribution in [-0.4, -0.2) is 43.2 Å². The zero-order valence-corrected chi connectivity index (χ0v) is 9.96. The molecule has 0 amide bonds. The summed E-state index contributed by atoms with van der Waals surface area (Å²) in [4.78, 5) is 0. The van der Waals surface area contributed by atoms with Gasteiger partial charge in [0.2, 0.25) is 0 Å². The van der Waals surface area contributed by atoms with Crippen molar-refractivity contribution in [1.82, 2.24) is 8.61 Å². The van der Waals surface area contributed by atoms with Gasteiger partial charge in [-0.05, 0) is 12.8 Å². The number of terminal acetylenes is 1. The maximum Gasteiger partial charge on any atom is 0.282 e. The average molecular weight is 230 g/mol. The first-order chi connectivity index (χ1) is 7.12. The highest BCUT2D eigenvalue weighted by molar-refractivity contribution is 7.86. The van der Waals surface area contributed by atoms with Crippen LogP contribution in [0, 0.1) is 12.3 Å². The van der Waals surface area contributed by atoms with Crippen molar-refractivity contribution in [3.05, 3.63) is 0 Å². The van der Waals surface area contributed by atoms with Gasteiger partial charge in [0.05, 0.1) is 6.54 Å². The molecule has 0 aliphatic carbocycles. The second-order valence-electron chi connectivity index (χ2n) is 3.60. The minimum atomic E-state index is -3.31. The molecule has 0 spiro atoms. The van der Waals surface area contributed by atoms with Crippen LogP contribution in [0.5, 0.6) is 0 Å². The summed E-state index contributed by atoms with van der Waals surface area (Å²) in [6, 6.07) is 0. The predicted octanol–water partition coefficient (Wildman–Crippen LogP) is 0.672. The molecular weight excluding hydrogens is 212 g/mol. The predicted molar refractivity (Wildman–Crippen MR) is 60.4 cm³/mol. The molecule has 1 heterocycles. The van der Waals surface area contributed by atoms with Gasteiger partial charge in [0.25, 0.3) is 10.2 Å². The first-order valence-corrected chi connectivity index (χ1v) is 6.71. The molecule has 0 aromatic heterocycles. The first-order valence-electron chi connectivity index (χ1n) is 5.31. The van der Waals surface area contributed by atoms with E-state index in [0.717, 1.165) is 19.3 Å². The van der Waals surface area contributed by atoms with E-state index in [2.05, 4.69) is 5.92 Å². The Hall–Kier alpha value is -0.570. The fraction of sp³-hybridized carbons (Fsp3) is 0.800. The monoisotopic (exact) mass is 230 g/mol. The Morgan fingerprint density at radius 1 is 1.33 bits per heavy atom. The van der Waals surface area contributed by atoms with Gasteiger partial charge in [-0.2, -0.15) is 17.0 Å². The highest BCUT2D eigenvalue weighted by Gasteiger charge is 2.28. The van der Waals surface area contributed by atoms with Crippen LogP contribution in [0.1, 0.15) is 26.2 Å². The van der Waals surface area contributed by atoms with Gasteiger partial charge in [-0.1, -0.05) is 19.3 Å². The Kier molecular flexibility index (Phi) is 4.58. The van der Waals surface area contributed by atoms with Crippen LogP contribution in [0.15, 0.2) is 0 Å². The van der Waals surface area contributed by atoms with E-state index in [1.807, 2.05) is 0 Å². The van der Waals surface area contributed by atoms with Gasteiger partial charge in [0.15, 0.2) is 0 Å². The third-order valence-corrected chi connectivity index (χ3v) is 4.65. The fourth-order valence-corrected chi connectivity index (χ4v) is 3.33. The van der Waals surface area contributed by atoms with Crippen molar-refractivity contribution in [2.75, 3.05) is 26.2 Å². The summed E-state index contributed by atoms with van der Waals surface area (Å²) >= 11 is 0. The van der Waals surface area contributed by atoms with Crippen molar-refractivity contribution in [2.45, 2.75) is 26.2 Å². The van der Waals surface area contributed by atoms with E-state index in [0.29, 0.717) is 19.6 Å². The van der Waals surface area contributed by atoms with E-state index in [9.17, 15) is 8.42 Å². The molecule has 0 N–H and O–H groups in total. The number of hydrogen-bond donors (Lipinski definition) is 0. The van der Waals surface area contributed by atoms with Crippen LogP contribution in [-0.2, 0) is 10.2 Å². The molecule has 0 unspecified atom stereocenters. The molecule has 0 aromatic rings. The van der Waals surface area contributed by atoms with Crippen LogP contribution in [0.3, 0.4) is 0 Å². The molecule has 4 nitrogen and oxygen atoms in total. The van der Waals surface area contributed by atoms with Crippen molar-refractivity contribution >= 4 is 10.2 Å². The molecule has 0 atom stereocenters. The lowest BCUT2D eigenvalue weighted by Gasteiger charge is -2.30. The summed E-state index contributed by atoms with van der Waals surface area (Å²) < 4.78 is 27.0. The summed E-state index contributed by atoms with van der Waals surface area (Å²) in [5.74, 6) is 2.38. The Morgan fingerprint density at radius 2 is 1.93 bits per heavy atom. The quantitative estimate of drug-likeness (QED) is 0.666. The van der Waals surface area contributed by atoms with E-state index < -0.39 is 10.2 Å². The fourth-order valence-electron chi connectivity index (χ4n) is 1.72. The molecule has 0 saturated carbocycles. The molecule has 1 saturated heterocycles. The molecule has 5 heteroatoms. The van der Waals surface area contributed by atoms with Crippen LogP contribution >= 0.6 is 0 Å². The molecule has 86 valence electrons. The lowest BCUT2D eigenvalue weighted by Crippen LogP contribution is -2.46. The molecule has 1 rings (SSSR count). The molecule has 15 heavy (non-hydrogen) atoms. The Balaban J connectivity index is 2.75. The third-order valence-electron chi connectivity index (χ3n) is 2.59. The minimum absolute atomic E-state index is 0.162. The van der Waals surface area contributed by atoms with Gasteiger partial charge in [0.1, 0.15) is 0 Å². The van der Waals surface area contributed by atoms with Crippen molar-refractivity contribution < 1.29 is 8.42 Å². The van der Waals surface area contributed by atoms with Crippen LogP contribution < -0.4 is 0 Å². The molecule has 1 aliphatic rings. The second-order valence-corrected chi connectivity index (χ2v) is 5.53. The largest absolute Gasteiger partial charge is 0.282 e. The van der Waals surface area contributed by atoms with Gasteiger partial charge in [-0.3, -0.25) is 0 Å². The van der Waals surface area contributed by atoms with Crippen LogP contribution in [0.4, 0.5) is 0 Å². The van der Waals surface area contributed by atoms with Crippen molar-refractivity contribution in [3.63, 3.8) is 0 Å². The number of piperidine rings is 1. The standard InChI is InChI=1S/C10H18N2O2S/c1-3-8-11(4-2)15(13,14)12-9-6-5-7-10-12/h1H,4-10H2,2H3. The van der Waals surface area contributed by atoms with Gasteiger partial charge >= 0.3 is 0 Å². The van der Waals surface area contributed by atoms with Crippen molar-refractivity contribution in [1.29, 1.82) is 0 Å². The molecule has 1 fully saturated rings. The summed E-state index contributed by atoms with van der Waals surface area (Å²) in [5, 5.41) is 0. The van der Waals surface area contributed by atoms with Gasteiger partial charge in [-0.15, -0.1) is 6.42 Å². The Bertz CT molecular complexity index is 326. The zero-order chi connectivity index (χ0) is 11.3. The van der Waals surface area contributed by atoms with E-state index in [1.165, 1.54) is 8.61 Å². The Labute approximate surface area is 92.4 Å². The van der Waals surface area contributed by atoms with Crippen LogP contribution in [0.2, 0.25) is 0 Å². The molecular formula is C10H18N2O2S. The molecule has 0 bridgehead atoms. The van der Waals surface area contributed by atoms with E-state index in [1.54, 1.807) is 6.92 Å². The van der Waals surface area contributed by atoms with E-state index >= 15 is 0 Å². The van der Waals surface area contributed by atoms with E-state index in [-0.39, 0.29) is 6.54 Å². The van der Waals surface area contributed by atoms with E-state index in [4.69, 9.17) is 6.42 Å². The highest BCUT2D eigenvalue weighted by atomic mass is 32.2. The normalized spacial score (nSPS) is 19.0. The lowest BCUT2D eigenvalue weighted by molar-refractivity contribution is 0.313. The lowest BCUT2D eigenvalue weighted by atomic mass is 10.2. The maximum absolute atomic E-state index is 12.1. The first kappa shape index (κ1) is 12.5. The van der Waals surface area contributed by atoms with Crippen molar-refractivity contribution in [3.8, 4) is 12.3 Å². The highest BCUT2D eigenvalue weighted by Crippen LogP contribution is 2.15. The van der Waals surface area contributed by atoms with Gasteiger partial charge in [0, 0.05) is 19.6 Å². The van der Waals surface area contributed by atoms with Crippen LogP contribution in [0.25, 0.3) is 0 Å². The van der Waals surface area contributed by atoms with Crippen molar-refractivity contribution in [2.24, 2.45) is 0 Å². The summed E-state index contributed by atoms with van der Waals surface area (Å²) in [6.07, 6.45) is 8.18. The SMILES string of the molecule is C#CCN(CC)S(=O)(=O)N1CCCCC1. The second kappa shape index (κ2) is 5.50. The topological polar surface area (TPSA) is 40.6 Å². The average Bonchev–Trinajstić information content (AvgIpc) is 2.27. The summed E-state index contributed by atoms with van der Waals surface area (Å²) in [7, 11) is -3.31. The third kappa shape index (κ3) is 2.94.